The minimum absolute atomic E-state index is 0.172. The van der Waals surface area contributed by atoms with Crippen LogP contribution in [-0.2, 0) is 4.79 Å². The Kier molecular flexibility index (Phi) is 4.08. The van der Waals surface area contributed by atoms with Gasteiger partial charge in [-0.25, -0.2) is 0 Å². The van der Waals surface area contributed by atoms with Gasteiger partial charge in [0.2, 0.25) is 5.91 Å². The second kappa shape index (κ2) is 5.38. The Morgan fingerprint density at radius 2 is 2.18 bits per heavy atom. The van der Waals surface area contributed by atoms with Crippen molar-refractivity contribution >= 4 is 5.91 Å². The van der Waals surface area contributed by atoms with Crippen LogP contribution in [0.25, 0.3) is 0 Å². The fourth-order valence-corrected chi connectivity index (χ4v) is 3.59. The number of fused-ring (bicyclic) bond motifs is 1. The Bertz CT molecular complexity index is 279. The molecule has 3 heteroatoms. The van der Waals surface area contributed by atoms with E-state index in [1.165, 1.54) is 19.3 Å². The first-order chi connectivity index (χ1) is 8.15. The topological polar surface area (TPSA) is 55.1 Å². The van der Waals surface area contributed by atoms with Gasteiger partial charge < -0.3 is 11.1 Å². The summed E-state index contributed by atoms with van der Waals surface area (Å²) in [4.78, 5) is 11.9. The third kappa shape index (κ3) is 2.65. The summed E-state index contributed by atoms with van der Waals surface area (Å²) >= 11 is 0. The van der Waals surface area contributed by atoms with Gasteiger partial charge in [-0.15, -0.1) is 0 Å². The van der Waals surface area contributed by atoms with Crippen LogP contribution in [0.2, 0.25) is 0 Å². The maximum absolute atomic E-state index is 11.9. The molecule has 0 saturated heterocycles. The van der Waals surface area contributed by atoms with Gasteiger partial charge in [0.05, 0.1) is 0 Å². The number of carbonyl (C=O) groups is 1. The molecule has 5 unspecified atom stereocenters. The number of nitrogens with one attached hydrogen (secondary N) is 1. The minimum Gasteiger partial charge on any atom is -0.353 e. The average Bonchev–Trinajstić information content (AvgIpc) is 2.63. The largest absolute Gasteiger partial charge is 0.353 e. The normalized spacial score (nSPS) is 37.1. The van der Waals surface area contributed by atoms with Gasteiger partial charge in [0.1, 0.15) is 0 Å². The predicted octanol–water partition coefficient (Wildman–Crippen LogP) is 1.91. The molecule has 2 fully saturated rings. The van der Waals surface area contributed by atoms with Gasteiger partial charge in [0.15, 0.2) is 0 Å². The molecule has 5 atom stereocenters. The van der Waals surface area contributed by atoms with Crippen molar-refractivity contribution in [1.29, 1.82) is 0 Å². The quantitative estimate of drug-likeness (QED) is 0.768. The van der Waals surface area contributed by atoms with E-state index in [2.05, 4.69) is 12.2 Å². The average molecular weight is 238 g/mol. The Morgan fingerprint density at radius 3 is 2.82 bits per heavy atom. The summed E-state index contributed by atoms with van der Waals surface area (Å²) in [5.74, 6) is 2.70. The third-order valence-corrected chi connectivity index (χ3v) is 4.75. The van der Waals surface area contributed by atoms with E-state index in [1.807, 2.05) is 6.92 Å². The molecule has 0 aromatic rings. The zero-order valence-corrected chi connectivity index (χ0v) is 11.1. The van der Waals surface area contributed by atoms with Gasteiger partial charge in [-0.05, 0) is 50.0 Å². The van der Waals surface area contributed by atoms with Crippen LogP contribution in [0.1, 0.15) is 46.0 Å². The van der Waals surface area contributed by atoms with Gasteiger partial charge >= 0.3 is 0 Å². The van der Waals surface area contributed by atoms with Crippen LogP contribution in [-0.4, -0.2) is 18.5 Å². The molecule has 2 rings (SSSR count). The van der Waals surface area contributed by atoms with E-state index in [4.69, 9.17) is 5.73 Å². The molecule has 0 radical (unpaired) electrons. The van der Waals surface area contributed by atoms with Crippen LogP contribution in [0.4, 0.5) is 0 Å². The SMILES string of the molecule is CCCC(C)C(=O)NC1CC2CC(CN)CC21. The van der Waals surface area contributed by atoms with Crippen molar-refractivity contribution in [3.05, 3.63) is 0 Å². The van der Waals surface area contributed by atoms with Crippen molar-refractivity contribution in [2.24, 2.45) is 29.4 Å². The van der Waals surface area contributed by atoms with Crippen LogP contribution in [0, 0.1) is 23.7 Å². The van der Waals surface area contributed by atoms with Crippen molar-refractivity contribution in [3.63, 3.8) is 0 Å². The van der Waals surface area contributed by atoms with E-state index in [9.17, 15) is 4.79 Å². The Hall–Kier alpha value is -0.570. The smallest absolute Gasteiger partial charge is 0.223 e. The molecule has 3 nitrogen and oxygen atoms in total. The van der Waals surface area contributed by atoms with Crippen molar-refractivity contribution in [2.75, 3.05) is 6.54 Å². The summed E-state index contributed by atoms with van der Waals surface area (Å²) < 4.78 is 0. The fraction of sp³-hybridized carbons (Fsp3) is 0.929. The Morgan fingerprint density at radius 1 is 1.41 bits per heavy atom. The van der Waals surface area contributed by atoms with Gasteiger partial charge in [-0.1, -0.05) is 20.3 Å². The van der Waals surface area contributed by atoms with E-state index in [1.54, 1.807) is 0 Å². The first kappa shape index (κ1) is 12.9. The van der Waals surface area contributed by atoms with E-state index in [0.29, 0.717) is 12.0 Å². The first-order valence-corrected chi connectivity index (χ1v) is 7.16. The van der Waals surface area contributed by atoms with Gasteiger partial charge in [-0.2, -0.15) is 0 Å². The molecule has 0 spiro atoms. The molecule has 17 heavy (non-hydrogen) atoms. The summed E-state index contributed by atoms with van der Waals surface area (Å²) in [6, 6.07) is 0.448. The number of amides is 1. The van der Waals surface area contributed by atoms with Crippen LogP contribution in [0.15, 0.2) is 0 Å². The second-order valence-electron chi connectivity index (χ2n) is 6.04. The maximum atomic E-state index is 11.9. The third-order valence-electron chi connectivity index (χ3n) is 4.75. The monoisotopic (exact) mass is 238 g/mol. The van der Waals surface area contributed by atoms with E-state index < -0.39 is 0 Å². The van der Waals surface area contributed by atoms with Crippen LogP contribution >= 0.6 is 0 Å². The molecule has 0 bridgehead atoms. The van der Waals surface area contributed by atoms with E-state index >= 15 is 0 Å². The van der Waals surface area contributed by atoms with Crippen LogP contribution in [0.5, 0.6) is 0 Å². The predicted molar refractivity (Wildman–Crippen MR) is 69.4 cm³/mol. The minimum atomic E-state index is 0.172. The summed E-state index contributed by atoms with van der Waals surface area (Å²) in [6.45, 7) is 4.98. The molecule has 0 aliphatic heterocycles. The first-order valence-electron chi connectivity index (χ1n) is 7.16. The number of nitrogens with two attached hydrogens (primary N) is 1. The number of rotatable bonds is 5. The van der Waals surface area contributed by atoms with E-state index in [-0.39, 0.29) is 11.8 Å². The highest BCUT2D eigenvalue weighted by Crippen LogP contribution is 2.49. The molecule has 0 aromatic heterocycles. The van der Waals surface area contributed by atoms with Gasteiger partial charge in [0, 0.05) is 12.0 Å². The lowest BCUT2D eigenvalue weighted by Gasteiger charge is -2.41. The van der Waals surface area contributed by atoms with Gasteiger partial charge in [0.25, 0.3) is 0 Å². The molecular formula is C14H26N2O. The number of carbonyl (C=O) groups excluding carboxylic acids is 1. The van der Waals surface area contributed by atoms with Crippen molar-refractivity contribution in [1.82, 2.24) is 5.32 Å². The van der Waals surface area contributed by atoms with Crippen LogP contribution in [0.3, 0.4) is 0 Å². The summed E-state index contributed by atoms with van der Waals surface area (Å²) in [5.41, 5.74) is 5.73. The molecule has 98 valence electrons. The van der Waals surface area contributed by atoms with Gasteiger partial charge in [-0.3, -0.25) is 4.79 Å². The fourth-order valence-electron chi connectivity index (χ4n) is 3.59. The van der Waals surface area contributed by atoms with Crippen molar-refractivity contribution in [3.8, 4) is 0 Å². The standard InChI is InChI=1S/C14H26N2O/c1-3-4-9(2)14(17)16-13-7-11-5-10(8-15)6-12(11)13/h9-13H,3-8,15H2,1-2H3,(H,16,17). The van der Waals surface area contributed by atoms with E-state index in [0.717, 1.165) is 31.2 Å². The Balaban J connectivity index is 1.77. The Labute approximate surface area is 105 Å². The molecule has 1 amide bonds. The number of hydrogen-bond acceptors (Lipinski definition) is 2. The summed E-state index contributed by atoms with van der Waals surface area (Å²) in [7, 11) is 0. The number of hydrogen-bond donors (Lipinski definition) is 2. The second-order valence-corrected chi connectivity index (χ2v) is 6.04. The molecule has 2 aliphatic rings. The summed E-state index contributed by atoms with van der Waals surface area (Å²) in [6.07, 6.45) is 5.79. The lowest BCUT2D eigenvalue weighted by atomic mass is 9.71. The van der Waals surface area contributed by atoms with Crippen LogP contribution < -0.4 is 11.1 Å². The lowest BCUT2D eigenvalue weighted by Crippen LogP contribution is -2.51. The molecule has 2 aliphatic carbocycles. The van der Waals surface area contributed by atoms with Crippen molar-refractivity contribution in [2.45, 2.75) is 52.0 Å². The zero-order chi connectivity index (χ0) is 12.4. The highest BCUT2D eigenvalue weighted by Gasteiger charge is 2.47. The molecule has 3 N–H and O–H groups in total. The van der Waals surface area contributed by atoms with Crippen molar-refractivity contribution < 1.29 is 4.79 Å². The maximum Gasteiger partial charge on any atom is 0.223 e. The molecule has 2 saturated carbocycles. The molecule has 0 aromatic carbocycles. The molecule has 0 heterocycles. The highest BCUT2D eigenvalue weighted by molar-refractivity contribution is 5.78. The highest BCUT2D eigenvalue weighted by atomic mass is 16.1. The zero-order valence-electron chi connectivity index (χ0n) is 11.1. The lowest BCUT2D eigenvalue weighted by molar-refractivity contribution is -0.127. The summed E-state index contributed by atoms with van der Waals surface area (Å²) in [5, 5.41) is 3.24. The molecular weight excluding hydrogens is 212 g/mol.